The van der Waals surface area contributed by atoms with Crippen LogP contribution >= 0.6 is 0 Å². The van der Waals surface area contributed by atoms with Gasteiger partial charge in [-0.3, -0.25) is 4.79 Å². The summed E-state index contributed by atoms with van der Waals surface area (Å²) in [6.07, 6.45) is 3.79. The molecule has 1 heterocycles. The molecule has 0 aromatic heterocycles. The molecule has 3 N–H and O–H groups in total. The highest BCUT2D eigenvalue weighted by Gasteiger charge is 2.32. The minimum Gasteiger partial charge on any atom is -0.493 e. The van der Waals surface area contributed by atoms with Crippen molar-refractivity contribution in [1.82, 2.24) is 16.1 Å². The Kier molecular flexibility index (Phi) is 11.5. The first-order valence-electron chi connectivity index (χ1n) is 14.4. The Hall–Kier alpha value is -5.65. The third kappa shape index (κ3) is 8.72. The number of rotatable bonds is 14. The fourth-order valence-electron chi connectivity index (χ4n) is 4.64. The highest BCUT2D eigenvalue weighted by atomic mass is 19.1. The number of hydrogen-bond acceptors (Lipinski definition) is 8. The smallest absolute Gasteiger partial charge is 0.338 e. The average Bonchev–Trinajstić information content (AvgIpc) is 3.04. The lowest BCUT2D eigenvalue weighted by molar-refractivity contribution is -0.139. The number of hydrazone groups is 1. The van der Waals surface area contributed by atoms with Crippen LogP contribution in [0, 0.1) is 5.82 Å². The van der Waals surface area contributed by atoms with Gasteiger partial charge in [0.15, 0.2) is 18.1 Å². The summed E-state index contributed by atoms with van der Waals surface area (Å²) in [5.74, 6) is -0.159. The number of methoxy groups -OCH3 is 1. The first-order valence-corrected chi connectivity index (χ1v) is 14.4. The molecule has 1 atom stereocenters. The van der Waals surface area contributed by atoms with E-state index in [2.05, 4.69) is 27.7 Å². The van der Waals surface area contributed by atoms with E-state index in [1.165, 1.54) is 25.5 Å². The summed E-state index contributed by atoms with van der Waals surface area (Å²) in [5, 5.41) is 9.34. The van der Waals surface area contributed by atoms with Crippen LogP contribution in [-0.2, 0) is 27.4 Å². The van der Waals surface area contributed by atoms with Crippen molar-refractivity contribution in [3.05, 3.63) is 113 Å². The minimum absolute atomic E-state index is 0.177. The number of nitrogens with zero attached hydrogens (tertiary/aromatic N) is 1. The number of urea groups is 1. The number of esters is 1. The van der Waals surface area contributed by atoms with E-state index in [1.807, 2.05) is 6.07 Å². The maximum absolute atomic E-state index is 13.2. The lowest BCUT2D eigenvalue weighted by Gasteiger charge is -2.28. The standard InChI is InChI=1S/C34H35FN4O7/c1-5-7-24-16-23(10-14-27(24)45-19-22-8-12-26(35)13-9-22)18-36-39-30(40)20-46-28-15-11-25(17-29(28)43-4)32-31(33(41)44-6-2)21(3)37-34(42)38-32/h5,8-18,32H,1,6-7,19-20H2,2-4H3,(H,39,40)(H2,37,38,42)/b36-18-/t32-/m0/s1. The van der Waals surface area contributed by atoms with Crippen LogP contribution in [0.2, 0.25) is 0 Å². The summed E-state index contributed by atoms with van der Waals surface area (Å²) in [7, 11) is 1.43. The van der Waals surface area contributed by atoms with E-state index in [0.717, 1.165) is 16.7 Å². The molecule has 0 unspecified atom stereocenters. The topological polar surface area (TPSA) is 137 Å². The van der Waals surface area contributed by atoms with Crippen molar-refractivity contribution in [2.75, 3.05) is 20.3 Å². The summed E-state index contributed by atoms with van der Waals surface area (Å²) < 4.78 is 35.4. The molecule has 3 aromatic rings. The number of amides is 3. The Morgan fingerprint density at radius 3 is 2.52 bits per heavy atom. The van der Waals surface area contributed by atoms with E-state index >= 15 is 0 Å². The van der Waals surface area contributed by atoms with Crippen LogP contribution in [0.1, 0.15) is 42.1 Å². The molecule has 0 fully saturated rings. The van der Waals surface area contributed by atoms with Gasteiger partial charge in [-0.1, -0.05) is 24.3 Å². The molecule has 11 nitrogen and oxygen atoms in total. The predicted molar refractivity (Wildman–Crippen MR) is 169 cm³/mol. The zero-order valence-electron chi connectivity index (χ0n) is 25.7. The molecule has 0 bridgehead atoms. The minimum atomic E-state index is -0.782. The van der Waals surface area contributed by atoms with Gasteiger partial charge in [-0.2, -0.15) is 5.10 Å². The maximum Gasteiger partial charge on any atom is 0.338 e. The van der Waals surface area contributed by atoms with E-state index in [4.69, 9.17) is 18.9 Å². The Morgan fingerprint density at radius 2 is 1.80 bits per heavy atom. The molecule has 0 saturated carbocycles. The van der Waals surface area contributed by atoms with Crippen LogP contribution in [-0.4, -0.2) is 44.4 Å². The number of nitrogens with one attached hydrogen (secondary N) is 3. The van der Waals surface area contributed by atoms with Gasteiger partial charge < -0.3 is 29.6 Å². The predicted octanol–water partition coefficient (Wildman–Crippen LogP) is 4.86. The van der Waals surface area contributed by atoms with Crippen molar-refractivity contribution in [3.8, 4) is 17.2 Å². The lowest BCUT2D eigenvalue weighted by Crippen LogP contribution is -2.45. The molecule has 4 rings (SSSR count). The van der Waals surface area contributed by atoms with Gasteiger partial charge in [0.05, 0.1) is 31.5 Å². The molecule has 0 spiro atoms. The van der Waals surface area contributed by atoms with Crippen molar-refractivity contribution >= 4 is 24.1 Å². The molecule has 3 amide bonds. The van der Waals surface area contributed by atoms with Crippen molar-refractivity contribution in [1.29, 1.82) is 0 Å². The van der Waals surface area contributed by atoms with Gasteiger partial charge in [-0.05, 0) is 85.0 Å². The summed E-state index contributed by atoms with van der Waals surface area (Å²) >= 11 is 0. The average molecular weight is 631 g/mol. The van der Waals surface area contributed by atoms with Crippen molar-refractivity contribution in [3.63, 3.8) is 0 Å². The zero-order valence-corrected chi connectivity index (χ0v) is 25.7. The Bertz CT molecular complexity index is 1650. The molecule has 46 heavy (non-hydrogen) atoms. The number of allylic oxidation sites excluding steroid dienone is 2. The van der Waals surface area contributed by atoms with Crippen LogP contribution < -0.4 is 30.3 Å². The van der Waals surface area contributed by atoms with E-state index in [0.29, 0.717) is 29.2 Å². The second-order valence-corrected chi connectivity index (χ2v) is 10.1. The van der Waals surface area contributed by atoms with Crippen molar-refractivity contribution in [2.45, 2.75) is 32.9 Å². The Morgan fingerprint density at radius 1 is 1.04 bits per heavy atom. The van der Waals surface area contributed by atoms with Crippen LogP contribution in [0.25, 0.3) is 0 Å². The van der Waals surface area contributed by atoms with E-state index in [-0.39, 0.29) is 37.0 Å². The number of carbonyl (C=O) groups excluding carboxylic acids is 3. The van der Waals surface area contributed by atoms with Crippen LogP contribution in [0.15, 0.2) is 89.7 Å². The molecule has 1 aliphatic heterocycles. The summed E-state index contributed by atoms with van der Waals surface area (Å²) in [4.78, 5) is 37.3. The molecule has 3 aromatic carbocycles. The molecular formula is C34H35FN4O7. The summed E-state index contributed by atoms with van der Waals surface area (Å²) in [5.41, 5.74) is 6.06. The molecular weight excluding hydrogens is 595 g/mol. The SMILES string of the molecule is C=CCc1cc(/C=N\NC(=O)COc2ccc([C@@H]3NC(=O)NC(C)=C3C(=O)OCC)cc2OC)ccc1OCc1ccc(F)cc1. The second kappa shape index (κ2) is 15.9. The highest BCUT2D eigenvalue weighted by molar-refractivity contribution is 5.95. The van der Waals surface area contributed by atoms with Gasteiger partial charge >= 0.3 is 12.0 Å². The Balaban J connectivity index is 1.36. The first kappa shape index (κ1) is 33.2. The van der Waals surface area contributed by atoms with Gasteiger partial charge in [0.2, 0.25) is 0 Å². The normalized spacial score (nSPS) is 14.3. The number of hydrogen-bond donors (Lipinski definition) is 3. The number of benzene rings is 3. The van der Waals surface area contributed by atoms with Gasteiger partial charge in [0.25, 0.3) is 5.91 Å². The maximum atomic E-state index is 13.2. The molecule has 12 heteroatoms. The van der Waals surface area contributed by atoms with Crippen LogP contribution in [0.4, 0.5) is 9.18 Å². The van der Waals surface area contributed by atoms with E-state index < -0.39 is 23.9 Å². The fraction of sp³-hybridized carbons (Fsp3) is 0.235. The second-order valence-electron chi connectivity index (χ2n) is 10.1. The van der Waals surface area contributed by atoms with E-state index in [9.17, 15) is 18.8 Å². The molecule has 1 aliphatic rings. The Labute approximate surface area is 266 Å². The van der Waals surface area contributed by atoms with Crippen molar-refractivity contribution < 1.29 is 37.7 Å². The van der Waals surface area contributed by atoms with Crippen molar-refractivity contribution in [2.24, 2.45) is 5.10 Å². The lowest BCUT2D eigenvalue weighted by atomic mass is 9.95. The van der Waals surface area contributed by atoms with Gasteiger partial charge in [0, 0.05) is 5.70 Å². The number of carbonyl (C=O) groups is 3. The number of halogens is 1. The van der Waals surface area contributed by atoms with Crippen LogP contribution in [0.5, 0.6) is 17.2 Å². The summed E-state index contributed by atoms with van der Waals surface area (Å²) in [6.45, 7) is 7.21. The van der Waals surface area contributed by atoms with Crippen LogP contribution in [0.3, 0.4) is 0 Å². The van der Waals surface area contributed by atoms with Gasteiger partial charge in [0.1, 0.15) is 18.2 Å². The highest BCUT2D eigenvalue weighted by Crippen LogP contribution is 2.34. The van der Waals surface area contributed by atoms with Gasteiger partial charge in [-0.15, -0.1) is 6.58 Å². The third-order valence-electron chi connectivity index (χ3n) is 6.80. The zero-order chi connectivity index (χ0) is 33.1. The molecule has 0 aliphatic carbocycles. The molecule has 240 valence electrons. The number of ether oxygens (including phenoxy) is 4. The third-order valence-corrected chi connectivity index (χ3v) is 6.80. The fourth-order valence-corrected chi connectivity index (χ4v) is 4.64. The molecule has 0 radical (unpaired) electrons. The molecule has 0 saturated heterocycles. The summed E-state index contributed by atoms with van der Waals surface area (Å²) in [6, 6.07) is 15.2. The first-order chi connectivity index (χ1) is 22.2. The van der Waals surface area contributed by atoms with Gasteiger partial charge in [-0.25, -0.2) is 19.4 Å². The monoisotopic (exact) mass is 630 g/mol. The van der Waals surface area contributed by atoms with E-state index in [1.54, 1.807) is 62.4 Å². The quantitative estimate of drug-likeness (QED) is 0.100. The largest absolute Gasteiger partial charge is 0.493 e.